The van der Waals surface area contributed by atoms with E-state index in [1.54, 1.807) is 50.2 Å². The Bertz CT molecular complexity index is 2840. The lowest BCUT2D eigenvalue weighted by Crippen LogP contribution is -2.32. The van der Waals surface area contributed by atoms with Gasteiger partial charge < -0.3 is 30.7 Å². The third-order valence-corrected chi connectivity index (χ3v) is 11.4. The Morgan fingerprint density at radius 3 is 1.43 bits per heavy atom. The molecule has 0 spiro atoms. The molecule has 5 rings (SSSR count). The summed E-state index contributed by atoms with van der Waals surface area (Å²) >= 11 is 31.7. The molecule has 0 heterocycles. The standard InChI is InChI=1S/C48H45Cl5N8O8/c1-24(50)41-37(9-7-11-39(41)68-5)56-45(64)32-22-30(13-16-34(32)52)58-60-43(26(3)62)47(66)54-29-15-18-36(28(21-29)19-20-49)55-48(67)44(27(4)63)61-59-31-14-17-35(53)33(23-31)46(65)57-38-10-8-12-40(69-6)42(38)25(2)51/h7-18,21-25,43-44H,19-20H2,1-6H3,(H,54,66)(H,55,67)(H,56,64)(H,57,65). The van der Waals surface area contributed by atoms with Crippen LogP contribution in [0, 0.1) is 0 Å². The second-order valence-electron chi connectivity index (χ2n) is 15.1. The van der Waals surface area contributed by atoms with E-state index < -0.39 is 58.0 Å². The molecule has 0 saturated carbocycles. The first-order valence-electron chi connectivity index (χ1n) is 20.8. The number of rotatable bonds is 20. The van der Waals surface area contributed by atoms with E-state index >= 15 is 0 Å². The van der Waals surface area contributed by atoms with Gasteiger partial charge in [0.1, 0.15) is 11.5 Å². The lowest BCUT2D eigenvalue weighted by molar-refractivity contribution is -0.127. The topological polar surface area (TPSA) is 218 Å². The van der Waals surface area contributed by atoms with E-state index in [2.05, 4.69) is 41.7 Å². The summed E-state index contributed by atoms with van der Waals surface area (Å²) in [6.45, 7) is 5.80. The summed E-state index contributed by atoms with van der Waals surface area (Å²) in [5.41, 5.74) is 3.16. The number of ketones is 2. The van der Waals surface area contributed by atoms with E-state index in [1.807, 2.05) is 0 Å². The Morgan fingerprint density at radius 2 is 1.03 bits per heavy atom. The summed E-state index contributed by atoms with van der Waals surface area (Å²) in [7, 11) is 2.97. The number of methoxy groups -OCH3 is 2. The Balaban J connectivity index is 1.29. The van der Waals surface area contributed by atoms with Crippen molar-refractivity contribution in [3.63, 3.8) is 0 Å². The van der Waals surface area contributed by atoms with Crippen molar-refractivity contribution in [3.05, 3.63) is 129 Å². The van der Waals surface area contributed by atoms with E-state index in [1.165, 1.54) is 82.7 Å². The molecule has 0 radical (unpaired) electrons. The van der Waals surface area contributed by atoms with Gasteiger partial charge in [-0.3, -0.25) is 28.8 Å². The van der Waals surface area contributed by atoms with E-state index in [9.17, 15) is 28.8 Å². The van der Waals surface area contributed by atoms with E-state index in [-0.39, 0.29) is 56.2 Å². The van der Waals surface area contributed by atoms with E-state index in [0.29, 0.717) is 39.6 Å². The predicted octanol–water partition coefficient (Wildman–Crippen LogP) is 12.3. The SMILES string of the molecule is COc1cccc(NC(=O)c2cc(N=NC(C(C)=O)C(=O)Nc3ccc(NC(=O)C(N=Nc4ccc(Cl)c(C(=O)Nc5cccc(OC)c5C(C)Cl)c4)C(C)=O)c(CCCl)c3)ccc2Cl)c1C(C)Cl. The fourth-order valence-corrected chi connectivity index (χ4v) is 7.82. The minimum absolute atomic E-state index is 0.0307. The third-order valence-electron chi connectivity index (χ3n) is 10.1. The number of benzene rings is 5. The highest BCUT2D eigenvalue weighted by Crippen LogP contribution is 2.38. The Morgan fingerprint density at radius 1 is 0.580 bits per heavy atom. The van der Waals surface area contributed by atoms with Gasteiger partial charge >= 0.3 is 0 Å². The number of ether oxygens (including phenoxy) is 2. The lowest BCUT2D eigenvalue weighted by atomic mass is 10.1. The molecular weight excluding hydrogens is 994 g/mol. The number of Topliss-reactive ketones (excluding diaryl/α,β-unsaturated/α-hetero) is 2. The molecule has 5 aromatic carbocycles. The second-order valence-corrected chi connectivity index (χ2v) is 17.6. The normalized spacial score (nSPS) is 13.0. The Kier molecular flexibility index (Phi) is 19.2. The summed E-state index contributed by atoms with van der Waals surface area (Å²) < 4.78 is 10.8. The Labute approximate surface area is 422 Å². The molecule has 0 aliphatic carbocycles. The minimum atomic E-state index is -1.61. The van der Waals surface area contributed by atoms with Gasteiger partial charge in [0.25, 0.3) is 23.6 Å². The number of hydrogen-bond acceptors (Lipinski definition) is 12. The molecular formula is C48H45Cl5N8O8. The number of azo groups is 2. The van der Waals surface area contributed by atoms with Gasteiger partial charge in [0, 0.05) is 39.8 Å². The molecule has 0 fully saturated rings. The van der Waals surface area contributed by atoms with Crippen LogP contribution in [-0.2, 0) is 25.6 Å². The van der Waals surface area contributed by atoms with Gasteiger partial charge in [0.05, 0.1) is 57.5 Å². The average molecular weight is 1040 g/mol. The Hall–Kier alpha value is -6.43. The highest BCUT2D eigenvalue weighted by molar-refractivity contribution is 6.35. The molecule has 4 unspecified atom stereocenters. The largest absolute Gasteiger partial charge is 0.496 e. The molecule has 0 aromatic heterocycles. The van der Waals surface area contributed by atoms with Crippen LogP contribution < -0.4 is 30.7 Å². The van der Waals surface area contributed by atoms with Crippen molar-refractivity contribution in [1.82, 2.24) is 0 Å². The molecule has 21 heteroatoms. The fourth-order valence-electron chi connectivity index (χ4n) is 6.76. The number of aryl methyl sites for hydroxylation is 1. The van der Waals surface area contributed by atoms with Gasteiger partial charge in [0.15, 0.2) is 11.6 Å². The first-order chi connectivity index (χ1) is 32.9. The van der Waals surface area contributed by atoms with Gasteiger partial charge in [-0.05, 0) is 119 Å². The zero-order valence-electron chi connectivity index (χ0n) is 37.8. The molecule has 0 aliphatic rings. The van der Waals surface area contributed by atoms with Crippen LogP contribution in [0.2, 0.25) is 10.0 Å². The maximum atomic E-state index is 13.5. The quantitative estimate of drug-likeness (QED) is 0.0333. The van der Waals surface area contributed by atoms with Crippen LogP contribution in [0.4, 0.5) is 34.1 Å². The van der Waals surface area contributed by atoms with Crippen LogP contribution in [0.15, 0.2) is 111 Å². The van der Waals surface area contributed by atoms with Crippen molar-refractivity contribution in [3.8, 4) is 11.5 Å². The van der Waals surface area contributed by atoms with E-state index in [0.717, 1.165) is 0 Å². The smallest absolute Gasteiger partial charge is 0.258 e. The van der Waals surface area contributed by atoms with Crippen LogP contribution in [0.25, 0.3) is 0 Å². The van der Waals surface area contributed by atoms with Crippen LogP contribution in [-0.4, -0.2) is 67.4 Å². The molecule has 0 bridgehead atoms. The summed E-state index contributed by atoms with van der Waals surface area (Å²) in [5.74, 6) is -3.06. The first kappa shape index (κ1) is 53.5. The van der Waals surface area contributed by atoms with Crippen LogP contribution in [0.1, 0.15) is 75.9 Å². The molecule has 4 atom stereocenters. The highest BCUT2D eigenvalue weighted by atomic mass is 35.5. The maximum Gasteiger partial charge on any atom is 0.258 e. The number of nitrogens with one attached hydrogen (secondary N) is 4. The summed E-state index contributed by atoms with van der Waals surface area (Å²) in [6.07, 6.45) is 0.205. The summed E-state index contributed by atoms with van der Waals surface area (Å²) in [4.78, 5) is 79.2. The second kappa shape index (κ2) is 24.7. The average Bonchev–Trinajstić information content (AvgIpc) is 3.30. The monoisotopic (exact) mass is 1040 g/mol. The number of carbonyl (C=O) groups excluding carboxylic acids is 6. The molecule has 360 valence electrons. The number of alkyl halides is 3. The van der Waals surface area contributed by atoms with Gasteiger partial charge in [-0.1, -0.05) is 35.3 Å². The lowest BCUT2D eigenvalue weighted by Gasteiger charge is -2.17. The van der Waals surface area contributed by atoms with Crippen LogP contribution >= 0.6 is 58.0 Å². The zero-order chi connectivity index (χ0) is 50.5. The maximum absolute atomic E-state index is 13.5. The van der Waals surface area contributed by atoms with Crippen molar-refractivity contribution in [2.45, 2.75) is 57.0 Å². The number of anilines is 4. The predicted molar refractivity (Wildman–Crippen MR) is 269 cm³/mol. The van der Waals surface area contributed by atoms with Crippen LogP contribution in [0.5, 0.6) is 11.5 Å². The molecule has 4 amide bonds. The summed E-state index contributed by atoms with van der Waals surface area (Å²) in [6, 6.07) is 19.8. The van der Waals surface area contributed by atoms with Crippen molar-refractivity contribution in [2.75, 3.05) is 41.4 Å². The zero-order valence-corrected chi connectivity index (χ0v) is 41.6. The first-order valence-corrected chi connectivity index (χ1v) is 23.0. The van der Waals surface area contributed by atoms with Crippen molar-refractivity contribution in [2.24, 2.45) is 20.5 Å². The molecule has 69 heavy (non-hydrogen) atoms. The van der Waals surface area contributed by atoms with Crippen LogP contribution in [0.3, 0.4) is 0 Å². The molecule has 5 aromatic rings. The van der Waals surface area contributed by atoms with Gasteiger partial charge in [-0.15, -0.1) is 34.8 Å². The number of amides is 4. The number of carbonyl (C=O) groups is 6. The molecule has 0 aliphatic heterocycles. The fraction of sp³-hybridized carbons (Fsp3) is 0.250. The van der Waals surface area contributed by atoms with Gasteiger partial charge in [0.2, 0.25) is 12.1 Å². The molecule has 0 saturated heterocycles. The number of nitrogens with zero attached hydrogens (tertiary/aromatic N) is 4. The van der Waals surface area contributed by atoms with Crippen molar-refractivity contribution < 1.29 is 38.2 Å². The molecule has 16 nitrogen and oxygen atoms in total. The van der Waals surface area contributed by atoms with Gasteiger partial charge in [-0.25, -0.2) is 0 Å². The number of halogens is 5. The summed E-state index contributed by atoms with van der Waals surface area (Å²) in [5, 5.41) is 26.3. The minimum Gasteiger partial charge on any atom is -0.496 e. The third kappa shape index (κ3) is 13.9. The highest BCUT2D eigenvalue weighted by Gasteiger charge is 2.27. The number of hydrogen-bond donors (Lipinski definition) is 4. The van der Waals surface area contributed by atoms with Gasteiger partial charge in [-0.2, -0.15) is 20.5 Å². The van der Waals surface area contributed by atoms with Crippen molar-refractivity contribution >= 4 is 127 Å². The van der Waals surface area contributed by atoms with E-state index in [4.69, 9.17) is 67.5 Å². The molecule has 4 N–H and O–H groups in total. The van der Waals surface area contributed by atoms with Crippen molar-refractivity contribution in [1.29, 1.82) is 0 Å².